The van der Waals surface area contributed by atoms with Crippen LogP contribution < -0.4 is 14.2 Å². The van der Waals surface area contributed by atoms with Gasteiger partial charge in [-0.25, -0.2) is 26.3 Å². The Morgan fingerprint density at radius 2 is 0.961 bits per heavy atom. The van der Waals surface area contributed by atoms with Crippen molar-refractivity contribution >= 4 is 0 Å². The average molecular weight is 747 g/mol. The molecule has 0 aliphatic carbocycles. The minimum absolute atomic E-state index is 0.0613. The second-order valence-corrected chi connectivity index (χ2v) is 12.2. The molecule has 1 unspecified atom stereocenters. The standard InChI is InChI=1S/C36H38F12O3/c1-22(9-5-3-7-15-50-24-18-30(40)27(11-13-37)31(41)19-24)8-4-2-6-14-49-23-16-28(38)26(29(39)17-23)10-12-35(44,45)51-25-20-32(42)34(33(43)21-25)36(46,47)48/h16-22H,2-15H2,1H3. The Kier molecular flexibility index (Phi) is 15.6. The first-order chi connectivity index (χ1) is 24.0. The molecule has 0 saturated carbocycles. The molecule has 3 aromatic carbocycles. The number of hydrogen-bond donors (Lipinski definition) is 0. The molecule has 0 fully saturated rings. The minimum atomic E-state index is -5.41. The quantitative estimate of drug-likeness (QED) is 0.0802. The number of unbranched alkanes of at least 4 members (excludes halogenated alkanes) is 4. The van der Waals surface area contributed by atoms with Crippen molar-refractivity contribution in [2.75, 3.05) is 19.9 Å². The summed E-state index contributed by atoms with van der Waals surface area (Å²) >= 11 is 0. The number of halogens is 12. The van der Waals surface area contributed by atoms with Crippen LogP contribution in [0.5, 0.6) is 17.2 Å². The second kappa shape index (κ2) is 19.2. The Labute approximate surface area is 287 Å². The van der Waals surface area contributed by atoms with Crippen molar-refractivity contribution in [2.45, 2.75) is 89.8 Å². The Balaban J connectivity index is 1.31. The topological polar surface area (TPSA) is 27.7 Å². The third-order valence-electron chi connectivity index (χ3n) is 8.03. The van der Waals surface area contributed by atoms with Gasteiger partial charge in [0.2, 0.25) is 0 Å². The number of rotatable bonds is 21. The highest BCUT2D eigenvalue weighted by molar-refractivity contribution is 5.33. The third-order valence-corrected chi connectivity index (χ3v) is 8.03. The molecule has 15 heteroatoms. The van der Waals surface area contributed by atoms with Crippen molar-refractivity contribution in [1.82, 2.24) is 0 Å². The zero-order chi connectivity index (χ0) is 37.8. The van der Waals surface area contributed by atoms with Crippen molar-refractivity contribution in [3.05, 3.63) is 88.0 Å². The monoisotopic (exact) mass is 746 g/mol. The molecule has 3 rings (SSSR count). The normalized spacial score (nSPS) is 12.6. The van der Waals surface area contributed by atoms with Gasteiger partial charge in [-0.15, -0.1) is 0 Å². The molecule has 51 heavy (non-hydrogen) atoms. The van der Waals surface area contributed by atoms with Gasteiger partial charge < -0.3 is 14.2 Å². The summed E-state index contributed by atoms with van der Waals surface area (Å²) in [6.45, 7) is 1.69. The molecule has 0 bridgehead atoms. The van der Waals surface area contributed by atoms with Crippen LogP contribution in [-0.2, 0) is 19.0 Å². The maximum Gasteiger partial charge on any atom is 0.422 e. The van der Waals surface area contributed by atoms with Crippen molar-refractivity contribution in [2.24, 2.45) is 5.92 Å². The molecule has 0 saturated heterocycles. The fraction of sp³-hybridized carbons (Fsp3) is 0.500. The van der Waals surface area contributed by atoms with Gasteiger partial charge in [-0.05, 0) is 25.2 Å². The molecule has 0 aliphatic rings. The molecule has 0 heterocycles. The van der Waals surface area contributed by atoms with Gasteiger partial charge in [-0.1, -0.05) is 45.4 Å². The van der Waals surface area contributed by atoms with Gasteiger partial charge >= 0.3 is 12.3 Å². The van der Waals surface area contributed by atoms with Crippen LogP contribution in [0.3, 0.4) is 0 Å². The first-order valence-corrected chi connectivity index (χ1v) is 16.4. The fourth-order valence-electron chi connectivity index (χ4n) is 5.34. The van der Waals surface area contributed by atoms with Gasteiger partial charge in [-0.3, -0.25) is 4.39 Å². The van der Waals surface area contributed by atoms with Gasteiger partial charge in [0.15, 0.2) is 0 Å². The van der Waals surface area contributed by atoms with Gasteiger partial charge in [0, 0.05) is 53.9 Å². The minimum Gasteiger partial charge on any atom is -0.493 e. The van der Waals surface area contributed by atoms with E-state index in [1.807, 2.05) is 0 Å². The maximum absolute atomic E-state index is 14.6. The summed E-state index contributed by atoms with van der Waals surface area (Å²) in [6, 6.07) is 3.63. The van der Waals surface area contributed by atoms with E-state index in [0.717, 1.165) is 62.8 Å². The summed E-state index contributed by atoms with van der Waals surface area (Å²) in [4.78, 5) is 0. The van der Waals surface area contributed by atoms with E-state index >= 15 is 0 Å². The molecule has 3 nitrogen and oxygen atoms in total. The Morgan fingerprint density at radius 3 is 1.37 bits per heavy atom. The van der Waals surface area contributed by atoms with E-state index in [1.165, 1.54) is 0 Å². The van der Waals surface area contributed by atoms with Crippen LogP contribution in [0.1, 0.15) is 81.4 Å². The molecule has 0 spiro atoms. The largest absolute Gasteiger partial charge is 0.493 e. The molecule has 0 aliphatic heterocycles. The summed E-state index contributed by atoms with van der Waals surface area (Å²) < 4.78 is 178. The second-order valence-electron chi connectivity index (χ2n) is 12.2. The van der Waals surface area contributed by atoms with E-state index in [1.54, 1.807) is 0 Å². The molecule has 0 radical (unpaired) electrons. The van der Waals surface area contributed by atoms with Crippen LogP contribution in [0.25, 0.3) is 0 Å². The zero-order valence-corrected chi connectivity index (χ0v) is 27.7. The van der Waals surface area contributed by atoms with Gasteiger partial charge in [0.25, 0.3) is 0 Å². The van der Waals surface area contributed by atoms with E-state index in [0.29, 0.717) is 25.4 Å². The van der Waals surface area contributed by atoms with Gasteiger partial charge in [0.1, 0.15) is 57.7 Å². The molecule has 284 valence electrons. The molecule has 0 N–H and O–H groups in total. The van der Waals surface area contributed by atoms with Crippen molar-refractivity contribution in [1.29, 1.82) is 0 Å². The predicted octanol–water partition coefficient (Wildman–Crippen LogP) is 11.9. The first kappa shape index (κ1) is 41.6. The van der Waals surface area contributed by atoms with E-state index in [-0.39, 0.29) is 42.2 Å². The smallest absolute Gasteiger partial charge is 0.422 e. The lowest BCUT2D eigenvalue weighted by atomic mass is 9.97. The fourth-order valence-corrected chi connectivity index (χ4v) is 5.34. The zero-order valence-electron chi connectivity index (χ0n) is 27.7. The SMILES string of the molecule is CC(CCCCCOc1cc(F)c(CCF)c(F)c1)CCCCCOc1cc(F)c(CCC(F)(F)Oc2cc(F)c(C(F)(F)F)c(F)c2)c(F)c1. The lowest BCUT2D eigenvalue weighted by Gasteiger charge is -2.19. The molecule has 3 aromatic rings. The molecule has 0 aromatic heterocycles. The Morgan fingerprint density at radius 1 is 0.549 bits per heavy atom. The molecule has 0 amide bonds. The highest BCUT2D eigenvalue weighted by atomic mass is 19.4. The predicted molar refractivity (Wildman–Crippen MR) is 165 cm³/mol. The molecular formula is C36H38F12O3. The summed E-state index contributed by atoms with van der Waals surface area (Å²) in [5.74, 6) is -9.26. The van der Waals surface area contributed by atoms with Crippen LogP contribution in [-0.4, -0.2) is 26.0 Å². The Bertz CT molecular complexity index is 1490. The van der Waals surface area contributed by atoms with Crippen LogP contribution in [0, 0.1) is 40.8 Å². The summed E-state index contributed by atoms with van der Waals surface area (Å²) in [6.07, 6.45) is -5.62. The number of alkyl halides is 6. The molecule has 1 atom stereocenters. The van der Waals surface area contributed by atoms with Gasteiger partial charge in [0.05, 0.1) is 26.3 Å². The van der Waals surface area contributed by atoms with Crippen LogP contribution in [0.4, 0.5) is 52.7 Å². The van der Waals surface area contributed by atoms with Crippen LogP contribution in [0.2, 0.25) is 0 Å². The lowest BCUT2D eigenvalue weighted by molar-refractivity contribution is -0.180. The van der Waals surface area contributed by atoms with E-state index < -0.39 is 83.6 Å². The van der Waals surface area contributed by atoms with Crippen molar-refractivity contribution < 1.29 is 66.9 Å². The third kappa shape index (κ3) is 13.4. The van der Waals surface area contributed by atoms with Crippen LogP contribution in [0.15, 0.2) is 36.4 Å². The van der Waals surface area contributed by atoms with Crippen LogP contribution >= 0.6 is 0 Å². The lowest BCUT2D eigenvalue weighted by Crippen LogP contribution is -2.26. The summed E-state index contributed by atoms with van der Waals surface area (Å²) in [5, 5.41) is 0. The molecular weight excluding hydrogens is 708 g/mol. The highest BCUT2D eigenvalue weighted by Crippen LogP contribution is 2.37. The first-order valence-electron chi connectivity index (χ1n) is 16.4. The number of benzene rings is 3. The van der Waals surface area contributed by atoms with Crippen molar-refractivity contribution in [3.8, 4) is 17.2 Å². The summed E-state index contributed by atoms with van der Waals surface area (Å²) in [5.41, 5.74) is -3.31. The van der Waals surface area contributed by atoms with Gasteiger partial charge in [-0.2, -0.15) is 22.0 Å². The maximum atomic E-state index is 14.6. The average Bonchev–Trinajstić information content (AvgIpc) is 3.00. The van der Waals surface area contributed by atoms with Crippen molar-refractivity contribution in [3.63, 3.8) is 0 Å². The highest BCUT2D eigenvalue weighted by Gasteiger charge is 2.39. The number of ether oxygens (including phenoxy) is 3. The van der Waals surface area contributed by atoms with E-state index in [4.69, 9.17) is 9.47 Å². The van der Waals surface area contributed by atoms with E-state index in [9.17, 15) is 52.7 Å². The Hall–Kier alpha value is -3.78. The summed E-state index contributed by atoms with van der Waals surface area (Å²) in [7, 11) is 0. The number of hydrogen-bond acceptors (Lipinski definition) is 3. The van der Waals surface area contributed by atoms with E-state index in [2.05, 4.69) is 11.7 Å².